The largest absolute Gasteiger partial charge is 0.370 e. The van der Waals surface area contributed by atoms with E-state index in [9.17, 15) is 0 Å². The van der Waals surface area contributed by atoms with Gasteiger partial charge in [0.25, 0.3) is 0 Å². The lowest BCUT2D eigenvalue weighted by molar-refractivity contribution is 0.849. The molecule has 4 nitrogen and oxygen atoms in total. The van der Waals surface area contributed by atoms with Crippen LogP contribution in [-0.2, 0) is 0 Å². The number of aromatic nitrogens is 2. The van der Waals surface area contributed by atoms with Gasteiger partial charge in [-0.2, -0.15) is 0 Å². The highest BCUT2D eigenvalue weighted by atomic mass is 35.5. The molecule has 0 amide bonds. The summed E-state index contributed by atoms with van der Waals surface area (Å²) in [4.78, 5) is 8.68. The monoisotopic (exact) mass is 290 g/mol. The summed E-state index contributed by atoms with van der Waals surface area (Å²) in [5, 5.41) is 7.29. The second kappa shape index (κ2) is 6.57. The third-order valence-corrected chi connectivity index (χ3v) is 3.13. The van der Waals surface area contributed by atoms with Crippen molar-refractivity contribution in [1.82, 2.24) is 9.97 Å². The predicted molar refractivity (Wildman–Crippen MR) is 85.0 cm³/mol. The Morgan fingerprint density at radius 3 is 2.60 bits per heavy atom. The first-order valence-electron chi connectivity index (χ1n) is 6.73. The zero-order valence-electron chi connectivity index (χ0n) is 11.9. The summed E-state index contributed by atoms with van der Waals surface area (Å²) < 4.78 is 0. The number of rotatable bonds is 5. The molecule has 1 aromatic carbocycles. The fourth-order valence-corrected chi connectivity index (χ4v) is 2.24. The molecule has 106 valence electrons. The van der Waals surface area contributed by atoms with Crippen LogP contribution in [0.2, 0.25) is 5.02 Å². The standard InChI is InChI=1S/C15H19ClN4/c1-4-17-14-13(10(2)3)15(19-9-18-14)20-12-7-5-6-11(16)8-12/h5-10H,4H2,1-3H3,(H2,17,18,19,20). The van der Waals surface area contributed by atoms with Crippen molar-refractivity contribution in [3.63, 3.8) is 0 Å². The average molecular weight is 291 g/mol. The van der Waals surface area contributed by atoms with Crippen LogP contribution in [0.15, 0.2) is 30.6 Å². The van der Waals surface area contributed by atoms with E-state index in [0.29, 0.717) is 10.9 Å². The molecule has 2 rings (SSSR count). The van der Waals surface area contributed by atoms with Gasteiger partial charge < -0.3 is 10.6 Å². The van der Waals surface area contributed by atoms with Crippen molar-refractivity contribution < 1.29 is 0 Å². The molecule has 0 bridgehead atoms. The maximum Gasteiger partial charge on any atom is 0.139 e. The lowest BCUT2D eigenvalue weighted by Crippen LogP contribution is -2.09. The molecule has 0 saturated carbocycles. The molecule has 0 aliphatic carbocycles. The fourth-order valence-electron chi connectivity index (χ4n) is 2.05. The highest BCUT2D eigenvalue weighted by Crippen LogP contribution is 2.30. The number of hydrogen-bond donors (Lipinski definition) is 2. The second-order valence-corrected chi connectivity index (χ2v) is 5.24. The van der Waals surface area contributed by atoms with Crippen molar-refractivity contribution in [1.29, 1.82) is 0 Å². The SMILES string of the molecule is CCNc1ncnc(Nc2cccc(Cl)c2)c1C(C)C. The van der Waals surface area contributed by atoms with E-state index in [1.807, 2.05) is 24.3 Å². The normalized spacial score (nSPS) is 10.7. The first-order valence-corrected chi connectivity index (χ1v) is 7.11. The van der Waals surface area contributed by atoms with E-state index in [0.717, 1.165) is 29.4 Å². The Balaban J connectivity index is 2.38. The van der Waals surface area contributed by atoms with E-state index in [4.69, 9.17) is 11.6 Å². The van der Waals surface area contributed by atoms with Crippen LogP contribution in [-0.4, -0.2) is 16.5 Å². The lowest BCUT2D eigenvalue weighted by Gasteiger charge is -2.17. The number of nitrogens with zero attached hydrogens (tertiary/aromatic N) is 2. The Morgan fingerprint density at radius 1 is 1.20 bits per heavy atom. The molecular formula is C15H19ClN4. The molecule has 0 fully saturated rings. The first kappa shape index (κ1) is 14.6. The molecule has 1 heterocycles. The van der Waals surface area contributed by atoms with Crippen LogP contribution >= 0.6 is 11.6 Å². The summed E-state index contributed by atoms with van der Waals surface area (Å²) in [5.41, 5.74) is 2.00. The summed E-state index contributed by atoms with van der Waals surface area (Å²) >= 11 is 6.01. The third-order valence-electron chi connectivity index (χ3n) is 2.89. The Bertz CT molecular complexity index is 584. The van der Waals surface area contributed by atoms with Crippen LogP contribution in [0.5, 0.6) is 0 Å². The van der Waals surface area contributed by atoms with Crippen molar-refractivity contribution in [2.75, 3.05) is 17.2 Å². The van der Waals surface area contributed by atoms with E-state index < -0.39 is 0 Å². The van der Waals surface area contributed by atoms with Crippen LogP contribution < -0.4 is 10.6 Å². The fraction of sp³-hybridized carbons (Fsp3) is 0.333. The van der Waals surface area contributed by atoms with Gasteiger partial charge in [-0.1, -0.05) is 31.5 Å². The molecule has 0 aliphatic rings. The van der Waals surface area contributed by atoms with Gasteiger partial charge in [0.2, 0.25) is 0 Å². The number of anilines is 3. The summed E-state index contributed by atoms with van der Waals surface area (Å²) in [6, 6.07) is 7.60. The zero-order valence-corrected chi connectivity index (χ0v) is 12.7. The van der Waals surface area contributed by atoms with E-state index >= 15 is 0 Å². The molecule has 0 aliphatic heterocycles. The number of halogens is 1. The van der Waals surface area contributed by atoms with Gasteiger partial charge in [0.05, 0.1) is 0 Å². The molecule has 2 aromatic rings. The van der Waals surface area contributed by atoms with Gasteiger partial charge in [-0.3, -0.25) is 0 Å². The molecule has 0 saturated heterocycles. The number of benzene rings is 1. The van der Waals surface area contributed by atoms with Crippen LogP contribution in [0, 0.1) is 0 Å². The van der Waals surface area contributed by atoms with Crippen LogP contribution in [0.25, 0.3) is 0 Å². The predicted octanol–water partition coefficient (Wildman–Crippen LogP) is 4.43. The van der Waals surface area contributed by atoms with Gasteiger partial charge in [-0.15, -0.1) is 0 Å². The Kier molecular flexibility index (Phi) is 4.79. The van der Waals surface area contributed by atoms with Gasteiger partial charge in [-0.05, 0) is 31.0 Å². The van der Waals surface area contributed by atoms with Crippen molar-refractivity contribution in [2.45, 2.75) is 26.7 Å². The smallest absolute Gasteiger partial charge is 0.139 e. The van der Waals surface area contributed by atoms with Crippen molar-refractivity contribution in [2.24, 2.45) is 0 Å². The van der Waals surface area contributed by atoms with Crippen molar-refractivity contribution >= 4 is 28.9 Å². The maximum atomic E-state index is 6.01. The van der Waals surface area contributed by atoms with E-state index in [1.165, 1.54) is 0 Å². The summed E-state index contributed by atoms with van der Waals surface area (Å²) in [6.45, 7) is 7.13. The molecule has 20 heavy (non-hydrogen) atoms. The minimum atomic E-state index is 0.312. The summed E-state index contributed by atoms with van der Waals surface area (Å²) in [7, 11) is 0. The quantitative estimate of drug-likeness (QED) is 0.855. The second-order valence-electron chi connectivity index (χ2n) is 4.80. The summed E-state index contributed by atoms with van der Waals surface area (Å²) in [5.74, 6) is 2.00. The van der Waals surface area contributed by atoms with Crippen LogP contribution in [0.1, 0.15) is 32.3 Å². The number of nitrogens with one attached hydrogen (secondary N) is 2. The molecule has 5 heteroatoms. The first-order chi connectivity index (χ1) is 9.61. The van der Waals surface area contributed by atoms with Gasteiger partial charge in [0, 0.05) is 22.8 Å². The van der Waals surface area contributed by atoms with E-state index in [-0.39, 0.29) is 0 Å². The molecule has 0 radical (unpaired) electrons. The summed E-state index contributed by atoms with van der Waals surface area (Å²) in [6.07, 6.45) is 1.57. The topological polar surface area (TPSA) is 49.8 Å². The van der Waals surface area contributed by atoms with Gasteiger partial charge in [0.15, 0.2) is 0 Å². The Morgan fingerprint density at radius 2 is 1.95 bits per heavy atom. The molecular weight excluding hydrogens is 272 g/mol. The van der Waals surface area contributed by atoms with E-state index in [2.05, 4.69) is 41.4 Å². The average Bonchev–Trinajstić information content (AvgIpc) is 2.39. The maximum absolute atomic E-state index is 6.01. The Hall–Kier alpha value is -1.81. The highest BCUT2D eigenvalue weighted by Gasteiger charge is 2.14. The van der Waals surface area contributed by atoms with E-state index in [1.54, 1.807) is 6.33 Å². The molecule has 0 spiro atoms. The number of hydrogen-bond acceptors (Lipinski definition) is 4. The van der Waals surface area contributed by atoms with Gasteiger partial charge >= 0.3 is 0 Å². The van der Waals surface area contributed by atoms with Crippen LogP contribution in [0.3, 0.4) is 0 Å². The van der Waals surface area contributed by atoms with Gasteiger partial charge in [0.1, 0.15) is 18.0 Å². The van der Waals surface area contributed by atoms with Gasteiger partial charge in [-0.25, -0.2) is 9.97 Å². The molecule has 2 N–H and O–H groups in total. The lowest BCUT2D eigenvalue weighted by atomic mass is 10.0. The minimum Gasteiger partial charge on any atom is -0.370 e. The third kappa shape index (κ3) is 3.39. The van der Waals surface area contributed by atoms with Crippen molar-refractivity contribution in [3.8, 4) is 0 Å². The minimum absolute atomic E-state index is 0.312. The van der Waals surface area contributed by atoms with Crippen LogP contribution in [0.4, 0.5) is 17.3 Å². The highest BCUT2D eigenvalue weighted by molar-refractivity contribution is 6.30. The zero-order chi connectivity index (χ0) is 14.5. The molecule has 0 unspecified atom stereocenters. The molecule has 0 atom stereocenters. The Labute approximate surface area is 124 Å². The molecule has 1 aromatic heterocycles. The van der Waals surface area contributed by atoms with Crippen molar-refractivity contribution in [3.05, 3.63) is 41.2 Å².